The second kappa shape index (κ2) is 13.9. The van der Waals surface area contributed by atoms with E-state index in [1.807, 2.05) is 0 Å². The van der Waals surface area contributed by atoms with Crippen LogP contribution in [-0.4, -0.2) is 42.5 Å². The molecule has 0 heterocycles. The van der Waals surface area contributed by atoms with Gasteiger partial charge in [-0.1, -0.05) is 72.1 Å². The number of rotatable bonds is 16. The lowest BCUT2D eigenvalue weighted by molar-refractivity contribution is -0.344. The first kappa shape index (κ1) is 30.4. The summed E-state index contributed by atoms with van der Waals surface area (Å²) in [4.78, 5) is 23.7. The topological polar surface area (TPSA) is 55.4 Å². The summed E-state index contributed by atoms with van der Waals surface area (Å²) in [5, 5.41) is 1.31. The van der Waals surface area contributed by atoms with Gasteiger partial charge in [0.25, 0.3) is 5.91 Å². The van der Waals surface area contributed by atoms with Crippen LogP contribution in [0.3, 0.4) is 0 Å². The van der Waals surface area contributed by atoms with E-state index in [1.165, 1.54) is 18.2 Å². The minimum atomic E-state index is -6.64. The first-order valence-electron chi connectivity index (χ1n) is 11.0. The Bertz CT molecular complexity index is 566. The van der Waals surface area contributed by atoms with Crippen LogP contribution >= 0.6 is 0 Å². The van der Waals surface area contributed by atoms with E-state index in [0.29, 0.717) is 6.42 Å². The fourth-order valence-electron chi connectivity index (χ4n) is 2.94. The summed E-state index contributed by atoms with van der Waals surface area (Å²) >= 11 is 0. The van der Waals surface area contributed by atoms with E-state index >= 15 is 0 Å². The number of carbonyl (C=O) groups excluding carboxylic acids is 2. The molecular weight excluding hydrogens is 447 g/mol. The van der Waals surface area contributed by atoms with Crippen molar-refractivity contribution in [2.24, 2.45) is 5.92 Å². The quantitative estimate of drug-likeness (QED) is 0.157. The summed E-state index contributed by atoms with van der Waals surface area (Å²) in [7, 11) is 0. The molecule has 0 fully saturated rings. The molecular formula is C21H34F7NO3. The van der Waals surface area contributed by atoms with Crippen LogP contribution in [0.15, 0.2) is 0 Å². The maximum Gasteiger partial charge on any atom is 0.460 e. The molecule has 0 aromatic heterocycles. The van der Waals surface area contributed by atoms with Crippen LogP contribution in [0.2, 0.25) is 0 Å². The molecule has 0 radical (unpaired) electrons. The van der Waals surface area contributed by atoms with Gasteiger partial charge in [0, 0.05) is 0 Å². The third-order valence-electron chi connectivity index (χ3n) is 4.82. The fraction of sp³-hybridized carbons (Fsp3) is 0.905. The van der Waals surface area contributed by atoms with Crippen molar-refractivity contribution in [3.05, 3.63) is 0 Å². The van der Waals surface area contributed by atoms with Crippen molar-refractivity contribution in [3.8, 4) is 0 Å². The molecule has 4 nitrogen and oxygen atoms in total. The molecule has 1 amide bonds. The summed E-state index contributed by atoms with van der Waals surface area (Å²) < 4.78 is 94.9. The molecule has 1 unspecified atom stereocenters. The molecule has 0 aromatic carbocycles. The Morgan fingerprint density at radius 2 is 1.28 bits per heavy atom. The number of nitrogens with one attached hydrogen (secondary N) is 1. The van der Waals surface area contributed by atoms with E-state index in [9.17, 15) is 40.3 Å². The Balaban J connectivity index is 4.66. The maximum absolute atomic E-state index is 13.5. The van der Waals surface area contributed by atoms with Crippen molar-refractivity contribution in [2.45, 2.75) is 109 Å². The first-order chi connectivity index (χ1) is 14.7. The lowest BCUT2D eigenvalue weighted by Gasteiger charge is -2.28. The van der Waals surface area contributed by atoms with Crippen molar-refractivity contribution >= 4 is 11.9 Å². The van der Waals surface area contributed by atoms with E-state index < -0.39 is 35.9 Å². The molecule has 0 spiro atoms. The smallest absolute Gasteiger partial charge is 0.460 e. The van der Waals surface area contributed by atoms with E-state index in [2.05, 4.69) is 6.92 Å². The zero-order valence-electron chi connectivity index (χ0n) is 18.8. The van der Waals surface area contributed by atoms with E-state index in [4.69, 9.17) is 4.74 Å². The number of esters is 1. The number of alkyl halides is 7. The van der Waals surface area contributed by atoms with Gasteiger partial charge >= 0.3 is 24.0 Å². The van der Waals surface area contributed by atoms with Gasteiger partial charge in [-0.2, -0.15) is 30.7 Å². The number of halogens is 7. The molecule has 0 saturated heterocycles. The second-order valence-electron chi connectivity index (χ2n) is 8.30. The minimum absolute atomic E-state index is 0.0752. The summed E-state index contributed by atoms with van der Waals surface area (Å²) in [6, 6.07) is -1.77. The van der Waals surface area contributed by atoms with E-state index in [-0.39, 0.29) is 18.9 Å². The van der Waals surface area contributed by atoms with Crippen LogP contribution in [-0.2, 0) is 14.3 Å². The summed E-state index contributed by atoms with van der Waals surface area (Å²) in [5.74, 6) is -17.1. The Labute approximate surface area is 184 Å². The van der Waals surface area contributed by atoms with Gasteiger partial charge in [-0.05, 0) is 18.8 Å². The highest BCUT2D eigenvalue weighted by molar-refractivity contribution is 5.89. The number of ether oxygens (including phenoxy) is 1. The molecule has 0 rings (SSSR count). The number of hydrogen-bond donors (Lipinski definition) is 1. The number of hydrogen-bond acceptors (Lipinski definition) is 3. The van der Waals surface area contributed by atoms with Gasteiger partial charge in [-0.3, -0.25) is 4.79 Å². The first-order valence-corrected chi connectivity index (χ1v) is 11.0. The van der Waals surface area contributed by atoms with Gasteiger partial charge < -0.3 is 10.1 Å². The lowest BCUT2D eigenvalue weighted by Crippen LogP contribution is -2.61. The highest BCUT2D eigenvalue weighted by Gasteiger charge is 2.76. The number of carbonyl (C=O) groups is 2. The molecule has 11 heteroatoms. The number of amides is 1. The Morgan fingerprint density at radius 3 is 1.72 bits per heavy atom. The van der Waals surface area contributed by atoms with E-state index in [1.54, 1.807) is 13.8 Å². The predicted molar refractivity (Wildman–Crippen MR) is 106 cm³/mol. The van der Waals surface area contributed by atoms with Gasteiger partial charge in [0.05, 0.1) is 6.61 Å². The zero-order valence-corrected chi connectivity index (χ0v) is 18.8. The summed E-state index contributed by atoms with van der Waals surface area (Å²) in [6.07, 6.45) is 2.04. The molecule has 190 valence electrons. The molecule has 0 aliphatic heterocycles. The van der Waals surface area contributed by atoms with Crippen LogP contribution in [0.5, 0.6) is 0 Å². The molecule has 0 aromatic rings. The Morgan fingerprint density at radius 1 is 0.812 bits per heavy atom. The normalized spacial score (nSPS) is 13.8. The van der Waals surface area contributed by atoms with Gasteiger partial charge in [0.1, 0.15) is 6.04 Å². The van der Waals surface area contributed by atoms with Crippen molar-refractivity contribution in [1.29, 1.82) is 0 Å². The van der Waals surface area contributed by atoms with Crippen LogP contribution in [0.25, 0.3) is 0 Å². The standard InChI is InChI=1S/C21H34F7NO3/c1-4-5-6-7-8-9-10-11-12-13-32-17(30)16(14-15(2)3)29-18(31)19(22,23)20(24,25)21(26,27)28/h15-16H,4-14H2,1-3H3,(H,29,31). The van der Waals surface area contributed by atoms with Gasteiger partial charge in [0.2, 0.25) is 0 Å². The lowest BCUT2D eigenvalue weighted by atomic mass is 10.0. The predicted octanol–water partition coefficient (Wildman–Crippen LogP) is 6.42. The van der Waals surface area contributed by atoms with E-state index in [0.717, 1.165) is 38.5 Å². The molecule has 1 atom stereocenters. The Kier molecular flexibility index (Phi) is 13.2. The van der Waals surface area contributed by atoms with Crippen molar-refractivity contribution < 1.29 is 45.1 Å². The second-order valence-corrected chi connectivity index (χ2v) is 8.30. The number of unbranched alkanes of at least 4 members (excludes halogenated alkanes) is 8. The van der Waals surface area contributed by atoms with Gasteiger partial charge in [0.15, 0.2) is 0 Å². The highest BCUT2D eigenvalue weighted by Crippen LogP contribution is 2.46. The molecule has 0 aliphatic carbocycles. The van der Waals surface area contributed by atoms with Crippen LogP contribution in [0.1, 0.15) is 85.0 Å². The Hall–Kier alpha value is -1.55. The summed E-state index contributed by atoms with van der Waals surface area (Å²) in [5.41, 5.74) is 0. The molecule has 32 heavy (non-hydrogen) atoms. The van der Waals surface area contributed by atoms with Gasteiger partial charge in [-0.15, -0.1) is 0 Å². The molecule has 0 bridgehead atoms. The minimum Gasteiger partial charge on any atom is -0.464 e. The van der Waals surface area contributed by atoms with Crippen molar-refractivity contribution in [2.75, 3.05) is 6.61 Å². The monoisotopic (exact) mass is 481 g/mol. The summed E-state index contributed by atoms with van der Waals surface area (Å²) in [6.45, 7) is 5.15. The average Bonchev–Trinajstić information content (AvgIpc) is 2.67. The highest BCUT2D eigenvalue weighted by atomic mass is 19.4. The maximum atomic E-state index is 13.5. The zero-order chi connectivity index (χ0) is 25.0. The molecule has 1 N–H and O–H groups in total. The third kappa shape index (κ3) is 9.94. The van der Waals surface area contributed by atoms with Gasteiger partial charge in [-0.25, -0.2) is 4.79 Å². The van der Waals surface area contributed by atoms with Crippen LogP contribution < -0.4 is 5.32 Å². The SMILES string of the molecule is CCCCCCCCCCCOC(=O)C(CC(C)C)NC(=O)C(F)(F)C(F)(F)C(F)(F)F. The van der Waals surface area contributed by atoms with Crippen molar-refractivity contribution in [3.63, 3.8) is 0 Å². The molecule has 0 saturated carbocycles. The van der Waals surface area contributed by atoms with Crippen LogP contribution in [0.4, 0.5) is 30.7 Å². The average molecular weight is 481 g/mol. The third-order valence-corrected chi connectivity index (χ3v) is 4.82. The molecule has 0 aliphatic rings. The van der Waals surface area contributed by atoms with Crippen molar-refractivity contribution in [1.82, 2.24) is 5.32 Å². The largest absolute Gasteiger partial charge is 0.464 e. The van der Waals surface area contributed by atoms with Crippen LogP contribution in [0, 0.1) is 5.92 Å². The fourth-order valence-corrected chi connectivity index (χ4v) is 2.94.